The molecule has 216 valence electrons. The average molecular weight is 549 g/mol. The molecule has 1 amide bonds. The third-order valence-electron chi connectivity index (χ3n) is 7.82. The van der Waals surface area contributed by atoms with E-state index >= 15 is 0 Å². The minimum absolute atomic E-state index is 0.0222. The Morgan fingerprint density at radius 3 is 2.40 bits per heavy atom. The Balaban J connectivity index is 0.00000106. The van der Waals surface area contributed by atoms with E-state index in [1.807, 2.05) is 54.5 Å². The van der Waals surface area contributed by atoms with Crippen LogP contribution in [-0.2, 0) is 6.54 Å². The molecular weight excluding hydrogens is 503 g/mol. The molecule has 1 atom stereocenters. The lowest BCUT2D eigenvalue weighted by Gasteiger charge is -2.40. The minimum Gasteiger partial charge on any atom is -0.390 e. The Morgan fingerprint density at radius 1 is 1.02 bits per heavy atom. The van der Waals surface area contributed by atoms with E-state index in [0.29, 0.717) is 18.3 Å². The largest absolute Gasteiger partial charge is 0.390 e. The third-order valence-corrected chi connectivity index (χ3v) is 7.82. The molecule has 2 fully saturated rings. The van der Waals surface area contributed by atoms with Crippen LogP contribution in [-0.4, -0.2) is 68.2 Å². The van der Waals surface area contributed by atoms with Gasteiger partial charge in [0.25, 0.3) is 5.91 Å². The molecule has 2 aliphatic heterocycles. The number of piperidine rings is 1. The van der Waals surface area contributed by atoms with Crippen molar-refractivity contribution in [3.8, 4) is 11.1 Å². The molecule has 40 heavy (non-hydrogen) atoms. The van der Waals surface area contributed by atoms with Crippen LogP contribution < -0.4 is 0 Å². The normalized spacial score (nSPS) is 18.9. The minimum atomic E-state index is -0.545. The van der Waals surface area contributed by atoms with Crippen molar-refractivity contribution in [1.82, 2.24) is 19.4 Å². The molecule has 7 heteroatoms. The highest BCUT2D eigenvalue weighted by atomic mass is 19.1. The number of halogens is 1. The number of nitrogens with zero attached hydrogens (tertiary/aromatic N) is 4. The molecule has 1 aromatic heterocycles. The van der Waals surface area contributed by atoms with Gasteiger partial charge in [-0.25, -0.2) is 9.37 Å². The Morgan fingerprint density at radius 2 is 1.70 bits per heavy atom. The summed E-state index contributed by atoms with van der Waals surface area (Å²) in [6.45, 7) is 15.8. The third kappa shape index (κ3) is 7.89. The second kappa shape index (κ2) is 14.9. The standard InChI is InChI=1S/C29H35FN4O2.C2H6.C2H4/c1-29(36)13-17-32(18-14-29)25-6-4-15-33(16-12-25)28(35)27-19-31-21-34(27)20-23-5-2-3-7-26(23)22-8-10-24(30)11-9-22;2*1-2/h2-3,5,7-11,19,21,25,36H,4,6,12-18,20H2,1H3;1-2H3;1-2H2. The summed E-state index contributed by atoms with van der Waals surface area (Å²) in [5, 5.41) is 10.3. The summed E-state index contributed by atoms with van der Waals surface area (Å²) in [5.41, 5.74) is 3.06. The van der Waals surface area contributed by atoms with Gasteiger partial charge in [0.2, 0.25) is 0 Å². The molecular formula is C33H45FN4O2. The Bertz CT molecular complexity index is 1200. The number of carbonyl (C=O) groups is 1. The Kier molecular flexibility index (Phi) is 11.6. The molecule has 0 bridgehead atoms. The lowest BCUT2D eigenvalue weighted by molar-refractivity contribution is -0.0180. The first-order valence-corrected chi connectivity index (χ1v) is 14.5. The van der Waals surface area contributed by atoms with E-state index in [-0.39, 0.29) is 11.7 Å². The van der Waals surface area contributed by atoms with Gasteiger partial charge in [-0.05, 0) is 67.9 Å². The molecule has 0 aliphatic carbocycles. The highest BCUT2D eigenvalue weighted by molar-refractivity contribution is 5.92. The monoisotopic (exact) mass is 548 g/mol. The first kappa shape index (κ1) is 31.2. The topological polar surface area (TPSA) is 61.6 Å². The lowest BCUT2D eigenvalue weighted by Crippen LogP contribution is -2.47. The summed E-state index contributed by atoms with van der Waals surface area (Å²) in [6.07, 6.45) is 8.01. The maximum atomic E-state index is 13.6. The van der Waals surface area contributed by atoms with Gasteiger partial charge in [0, 0.05) is 38.8 Å². The molecule has 1 N–H and O–H groups in total. The number of aromatic nitrogens is 2. The Labute approximate surface area is 239 Å². The van der Waals surface area contributed by atoms with Crippen LogP contribution in [0.1, 0.15) is 68.9 Å². The van der Waals surface area contributed by atoms with Gasteiger partial charge in [0.15, 0.2) is 0 Å². The van der Waals surface area contributed by atoms with Crippen LogP contribution >= 0.6 is 0 Å². The maximum Gasteiger partial charge on any atom is 0.272 e. The summed E-state index contributed by atoms with van der Waals surface area (Å²) in [6, 6.07) is 15.0. The van der Waals surface area contributed by atoms with Gasteiger partial charge in [-0.1, -0.05) is 50.2 Å². The number of carbonyl (C=O) groups excluding carboxylic acids is 1. The van der Waals surface area contributed by atoms with Crippen molar-refractivity contribution in [2.45, 2.75) is 71.1 Å². The van der Waals surface area contributed by atoms with Crippen LogP contribution in [0.15, 0.2) is 74.2 Å². The van der Waals surface area contributed by atoms with Crippen molar-refractivity contribution < 1.29 is 14.3 Å². The zero-order valence-corrected chi connectivity index (χ0v) is 24.4. The molecule has 3 heterocycles. The average Bonchev–Trinajstić information content (AvgIpc) is 3.30. The predicted octanol–water partition coefficient (Wildman–Crippen LogP) is 6.41. The van der Waals surface area contributed by atoms with Gasteiger partial charge in [0.05, 0.1) is 18.1 Å². The van der Waals surface area contributed by atoms with E-state index in [2.05, 4.69) is 23.0 Å². The van der Waals surface area contributed by atoms with Crippen LogP contribution in [0.2, 0.25) is 0 Å². The second-order valence-corrected chi connectivity index (χ2v) is 10.5. The molecule has 3 aromatic rings. The van der Waals surface area contributed by atoms with Crippen LogP contribution in [0.25, 0.3) is 11.1 Å². The number of hydrogen-bond donors (Lipinski definition) is 1. The zero-order valence-electron chi connectivity index (χ0n) is 24.4. The fraction of sp³-hybridized carbons (Fsp3) is 0.455. The maximum absolute atomic E-state index is 13.6. The summed E-state index contributed by atoms with van der Waals surface area (Å²) in [4.78, 5) is 22.3. The van der Waals surface area contributed by atoms with E-state index in [0.717, 1.165) is 75.0 Å². The molecule has 2 aromatic carbocycles. The fourth-order valence-electron chi connectivity index (χ4n) is 5.56. The molecule has 1 unspecified atom stereocenters. The van der Waals surface area contributed by atoms with Crippen molar-refractivity contribution in [3.63, 3.8) is 0 Å². The fourth-order valence-corrected chi connectivity index (χ4v) is 5.56. The van der Waals surface area contributed by atoms with E-state index in [9.17, 15) is 14.3 Å². The molecule has 6 nitrogen and oxygen atoms in total. The summed E-state index contributed by atoms with van der Waals surface area (Å²) in [7, 11) is 0. The van der Waals surface area contributed by atoms with E-state index < -0.39 is 5.60 Å². The quantitative estimate of drug-likeness (QED) is 0.375. The van der Waals surface area contributed by atoms with Crippen molar-refractivity contribution in [2.24, 2.45) is 0 Å². The first-order chi connectivity index (χ1) is 19.4. The summed E-state index contributed by atoms with van der Waals surface area (Å²) >= 11 is 0. The van der Waals surface area contributed by atoms with E-state index in [1.165, 1.54) is 12.1 Å². The number of hydrogen-bond acceptors (Lipinski definition) is 4. The van der Waals surface area contributed by atoms with Crippen molar-refractivity contribution in [3.05, 3.63) is 91.3 Å². The van der Waals surface area contributed by atoms with Crippen molar-refractivity contribution in [2.75, 3.05) is 26.2 Å². The van der Waals surface area contributed by atoms with Gasteiger partial charge in [-0.15, -0.1) is 13.2 Å². The van der Waals surface area contributed by atoms with Gasteiger partial charge in [-0.2, -0.15) is 0 Å². The SMILES string of the molecule is C=C.CC.CC1(O)CCN(C2CCCN(C(=O)c3cncn3Cc3ccccc3-c3ccc(F)cc3)CC2)CC1. The molecule has 0 radical (unpaired) electrons. The van der Waals surface area contributed by atoms with Gasteiger partial charge in [-0.3, -0.25) is 4.79 Å². The number of rotatable bonds is 5. The number of aliphatic hydroxyl groups is 1. The Hall–Kier alpha value is -3.29. The van der Waals surface area contributed by atoms with Crippen LogP contribution in [0, 0.1) is 5.82 Å². The number of amides is 1. The van der Waals surface area contributed by atoms with Crippen LogP contribution in [0.5, 0.6) is 0 Å². The molecule has 2 aliphatic rings. The highest BCUT2D eigenvalue weighted by Gasteiger charge is 2.32. The van der Waals surface area contributed by atoms with Gasteiger partial charge >= 0.3 is 0 Å². The summed E-state index contributed by atoms with van der Waals surface area (Å²) in [5.74, 6) is -0.237. The second-order valence-electron chi connectivity index (χ2n) is 10.5. The lowest BCUT2D eigenvalue weighted by atomic mass is 9.92. The van der Waals surface area contributed by atoms with Crippen molar-refractivity contribution in [1.29, 1.82) is 0 Å². The van der Waals surface area contributed by atoms with E-state index in [4.69, 9.17) is 0 Å². The van der Waals surface area contributed by atoms with Crippen molar-refractivity contribution >= 4 is 5.91 Å². The number of imidazole rings is 1. The van der Waals surface area contributed by atoms with E-state index in [1.54, 1.807) is 24.7 Å². The number of benzene rings is 2. The molecule has 5 rings (SSSR count). The van der Waals surface area contributed by atoms with Gasteiger partial charge < -0.3 is 19.5 Å². The van der Waals surface area contributed by atoms with Crippen LogP contribution in [0.3, 0.4) is 0 Å². The smallest absolute Gasteiger partial charge is 0.272 e. The van der Waals surface area contributed by atoms with Crippen LogP contribution in [0.4, 0.5) is 4.39 Å². The predicted molar refractivity (Wildman–Crippen MR) is 161 cm³/mol. The number of likely N-dealkylation sites (tertiary alicyclic amines) is 2. The highest BCUT2D eigenvalue weighted by Crippen LogP contribution is 2.28. The molecule has 0 spiro atoms. The van der Waals surface area contributed by atoms with Gasteiger partial charge in [0.1, 0.15) is 11.5 Å². The summed E-state index contributed by atoms with van der Waals surface area (Å²) < 4.78 is 15.4. The molecule has 0 saturated carbocycles. The molecule has 2 saturated heterocycles. The zero-order chi connectivity index (χ0) is 29.1. The first-order valence-electron chi connectivity index (χ1n) is 14.5.